The Balaban J connectivity index is 1.98. The summed E-state index contributed by atoms with van der Waals surface area (Å²) in [5.41, 5.74) is 0.915. The topological polar surface area (TPSA) is 22.4 Å². The summed E-state index contributed by atoms with van der Waals surface area (Å²) in [4.78, 5) is 0. The van der Waals surface area contributed by atoms with E-state index in [-0.39, 0.29) is 0 Å². The van der Waals surface area contributed by atoms with Crippen LogP contribution in [0.25, 0.3) is 0 Å². The predicted octanol–water partition coefficient (Wildman–Crippen LogP) is 2.80. The van der Waals surface area contributed by atoms with Gasteiger partial charge in [0.05, 0.1) is 12.5 Å². The molecule has 0 bridgehead atoms. The van der Waals surface area contributed by atoms with Crippen LogP contribution in [0.2, 0.25) is 0 Å². The van der Waals surface area contributed by atoms with E-state index < -0.39 is 5.82 Å². The van der Waals surface area contributed by atoms with Crippen LogP contribution in [-0.4, -0.2) is 0 Å². The maximum absolute atomic E-state index is 12.7. The van der Waals surface area contributed by atoms with Gasteiger partial charge in [-0.2, -0.15) is 0 Å². The quantitative estimate of drug-likeness (QED) is 0.744. The molecule has 1 radical (unpaired) electrons. The minimum Gasteiger partial charge on any atom is -0.489 e. The van der Waals surface area contributed by atoms with Crippen molar-refractivity contribution >= 4 is 0 Å². The average Bonchev–Trinajstić information content (AvgIpc) is 2.67. The molecule has 0 fully saturated rings. The summed E-state index contributed by atoms with van der Waals surface area (Å²) >= 11 is 0. The van der Waals surface area contributed by atoms with Crippen LogP contribution in [0.4, 0.5) is 4.39 Å². The molecule has 0 amide bonds. The van der Waals surface area contributed by atoms with E-state index in [4.69, 9.17) is 9.15 Å². The minimum absolute atomic E-state index is 0.375. The van der Waals surface area contributed by atoms with E-state index in [2.05, 4.69) is 6.07 Å². The van der Waals surface area contributed by atoms with Crippen molar-refractivity contribution in [1.29, 1.82) is 0 Å². The van der Waals surface area contributed by atoms with Crippen LogP contribution in [0.3, 0.4) is 0 Å². The molecule has 0 saturated carbocycles. The molecule has 71 valence electrons. The van der Waals surface area contributed by atoms with Gasteiger partial charge >= 0.3 is 0 Å². The van der Waals surface area contributed by atoms with Gasteiger partial charge in [0.15, 0.2) is 0 Å². The summed E-state index contributed by atoms with van der Waals surface area (Å²) in [6.07, 6.45) is 3.16. The van der Waals surface area contributed by atoms with Gasteiger partial charge < -0.3 is 9.15 Å². The number of benzene rings is 1. The fraction of sp³-hybridized carbons (Fsp3) is 0.0909. The summed E-state index contributed by atoms with van der Waals surface area (Å²) in [6.45, 7) is 0.375. The number of furan rings is 1. The maximum Gasteiger partial charge on any atom is 0.134 e. The molecule has 3 heteroatoms. The molecule has 0 aliphatic heterocycles. The molecule has 0 aliphatic rings. The molecule has 0 atom stereocenters. The van der Waals surface area contributed by atoms with Crippen molar-refractivity contribution in [2.75, 3.05) is 0 Å². The maximum atomic E-state index is 12.7. The van der Waals surface area contributed by atoms with Crippen LogP contribution < -0.4 is 4.74 Å². The fourth-order valence-electron chi connectivity index (χ4n) is 1.05. The Morgan fingerprint density at radius 3 is 3.07 bits per heavy atom. The first-order valence-electron chi connectivity index (χ1n) is 4.16. The van der Waals surface area contributed by atoms with Crippen LogP contribution >= 0.6 is 0 Å². The third-order valence-electron chi connectivity index (χ3n) is 1.72. The molecule has 0 aliphatic carbocycles. The highest BCUT2D eigenvalue weighted by Crippen LogP contribution is 2.13. The Labute approximate surface area is 80.9 Å². The molecular weight excluding hydrogens is 183 g/mol. The normalized spacial score (nSPS) is 10.1. The van der Waals surface area contributed by atoms with Crippen LogP contribution in [0.1, 0.15) is 5.56 Å². The largest absolute Gasteiger partial charge is 0.489 e. The van der Waals surface area contributed by atoms with E-state index in [1.165, 1.54) is 12.1 Å². The van der Waals surface area contributed by atoms with Gasteiger partial charge in [-0.3, -0.25) is 0 Å². The predicted molar refractivity (Wildman–Crippen MR) is 48.3 cm³/mol. The zero-order valence-corrected chi connectivity index (χ0v) is 7.37. The summed E-state index contributed by atoms with van der Waals surface area (Å²) in [6, 6.07) is 8.63. The molecule has 1 heterocycles. The first-order valence-corrected chi connectivity index (χ1v) is 4.16. The minimum atomic E-state index is -0.422. The second-order valence-corrected chi connectivity index (χ2v) is 2.79. The molecule has 1 aromatic carbocycles. The number of hydrogen-bond donors (Lipinski definition) is 0. The molecular formula is C11H8FO2. The summed E-state index contributed by atoms with van der Waals surface area (Å²) in [5, 5.41) is 0. The zero-order valence-electron chi connectivity index (χ0n) is 7.37. The van der Waals surface area contributed by atoms with Crippen molar-refractivity contribution in [1.82, 2.24) is 0 Å². The third-order valence-corrected chi connectivity index (χ3v) is 1.72. The van der Waals surface area contributed by atoms with Gasteiger partial charge in [0, 0.05) is 17.7 Å². The van der Waals surface area contributed by atoms with E-state index >= 15 is 0 Å². The number of ether oxygens (including phenoxy) is 1. The standard InChI is InChI=1S/C11H8FO2/c12-10-2-1-3-11(6-10)14-8-9-4-5-13-7-9/h1,3-7H,8H2. The molecule has 0 spiro atoms. The van der Waals surface area contributed by atoms with Gasteiger partial charge in [0.25, 0.3) is 0 Å². The Morgan fingerprint density at radius 2 is 2.36 bits per heavy atom. The molecule has 14 heavy (non-hydrogen) atoms. The summed E-state index contributed by atoms with van der Waals surface area (Å²) in [5.74, 6) is 0.0668. The van der Waals surface area contributed by atoms with Gasteiger partial charge in [-0.15, -0.1) is 0 Å². The Bertz CT molecular complexity index is 395. The van der Waals surface area contributed by atoms with Crippen LogP contribution in [-0.2, 0) is 6.61 Å². The van der Waals surface area contributed by atoms with E-state index in [9.17, 15) is 4.39 Å². The second kappa shape index (κ2) is 3.96. The molecule has 2 nitrogen and oxygen atoms in total. The highest BCUT2D eigenvalue weighted by molar-refractivity contribution is 5.22. The lowest BCUT2D eigenvalue weighted by atomic mass is 10.3. The summed E-state index contributed by atoms with van der Waals surface area (Å²) < 4.78 is 22.9. The van der Waals surface area contributed by atoms with E-state index in [1.54, 1.807) is 24.7 Å². The van der Waals surface area contributed by atoms with Gasteiger partial charge in [0.1, 0.15) is 18.2 Å². The van der Waals surface area contributed by atoms with E-state index in [0.717, 1.165) is 5.56 Å². The first-order chi connectivity index (χ1) is 6.84. The number of halogens is 1. The van der Waals surface area contributed by atoms with Crippen molar-refractivity contribution in [3.05, 3.63) is 54.2 Å². The molecule has 2 aromatic rings. The van der Waals surface area contributed by atoms with Crippen LogP contribution in [0, 0.1) is 11.9 Å². The Morgan fingerprint density at radius 1 is 1.43 bits per heavy atom. The lowest BCUT2D eigenvalue weighted by molar-refractivity contribution is 0.303. The molecule has 2 rings (SSSR count). The zero-order chi connectivity index (χ0) is 9.80. The van der Waals surface area contributed by atoms with Crippen molar-refractivity contribution in [2.24, 2.45) is 0 Å². The van der Waals surface area contributed by atoms with Crippen molar-refractivity contribution in [3.63, 3.8) is 0 Å². The van der Waals surface area contributed by atoms with Crippen molar-refractivity contribution < 1.29 is 13.5 Å². The van der Waals surface area contributed by atoms with Crippen molar-refractivity contribution in [3.8, 4) is 5.75 Å². The number of hydrogen-bond acceptors (Lipinski definition) is 2. The van der Waals surface area contributed by atoms with Crippen molar-refractivity contribution in [2.45, 2.75) is 6.61 Å². The van der Waals surface area contributed by atoms with Gasteiger partial charge in [-0.1, -0.05) is 0 Å². The van der Waals surface area contributed by atoms with Gasteiger partial charge in [-0.05, 0) is 18.2 Å². The highest BCUT2D eigenvalue weighted by Gasteiger charge is 1.98. The second-order valence-electron chi connectivity index (χ2n) is 2.79. The van der Waals surface area contributed by atoms with E-state index in [0.29, 0.717) is 12.4 Å². The number of rotatable bonds is 3. The molecule has 0 unspecified atom stereocenters. The monoisotopic (exact) mass is 191 g/mol. The molecule has 1 aromatic heterocycles. The lowest BCUT2D eigenvalue weighted by Gasteiger charge is -2.03. The third kappa shape index (κ3) is 2.13. The Hall–Kier alpha value is -1.77. The summed E-state index contributed by atoms with van der Waals surface area (Å²) in [7, 11) is 0. The smallest absolute Gasteiger partial charge is 0.134 e. The van der Waals surface area contributed by atoms with Crippen LogP contribution in [0.15, 0.2) is 41.2 Å². The van der Waals surface area contributed by atoms with E-state index in [1.807, 2.05) is 0 Å². The molecule has 0 N–H and O–H groups in total. The lowest BCUT2D eigenvalue weighted by Crippen LogP contribution is -1.93. The van der Waals surface area contributed by atoms with Gasteiger partial charge in [-0.25, -0.2) is 4.39 Å². The highest BCUT2D eigenvalue weighted by atomic mass is 19.1. The Kier molecular flexibility index (Phi) is 2.49. The van der Waals surface area contributed by atoms with Crippen LogP contribution in [0.5, 0.6) is 5.75 Å². The van der Waals surface area contributed by atoms with Gasteiger partial charge in [0.2, 0.25) is 0 Å². The molecule has 0 saturated heterocycles. The average molecular weight is 191 g/mol. The SMILES string of the molecule is Fc1[c]ccc(OCc2ccoc2)c1. The first kappa shape index (κ1) is 8.81. The fourth-order valence-corrected chi connectivity index (χ4v) is 1.05.